The minimum Gasteiger partial charge on any atom is -0.497 e. The van der Waals surface area contributed by atoms with Gasteiger partial charge in [-0.15, -0.1) is 0 Å². The van der Waals surface area contributed by atoms with E-state index in [0.717, 1.165) is 54.4 Å². The van der Waals surface area contributed by atoms with Gasteiger partial charge in [0.2, 0.25) is 0 Å². The molecule has 240 valence electrons. The number of rotatable bonds is 9. The number of urea groups is 1. The van der Waals surface area contributed by atoms with Crippen LogP contribution < -0.4 is 14.8 Å². The molecule has 3 aliphatic rings. The van der Waals surface area contributed by atoms with Crippen LogP contribution in [-0.4, -0.2) is 56.5 Å². The molecule has 5 atom stereocenters. The van der Waals surface area contributed by atoms with Gasteiger partial charge in [0.05, 0.1) is 29.1 Å². The number of nitrogens with zero attached hydrogens (tertiary/aromatic N) is 2. The molecule has 2 N–H and O–H groups in total. The third kappa shape index (κ3) is 6.56. The molecule has 2 amide bonds. The standard InChI is InChI=1S/C35H38N4O6S/c1-4-23-21-39-18-16-25(23)19-32(39)33(29-15-17-36-31-14-11-27(44-3)20-30(29)31)45-34(40)24-7-9-26(10-8-24)37-35(41)38-46(42,43)28-12-5-22(2)6-13-28/h5-15,17,20,23,25,32-33H,4,16,18-19,21H2,1-3H3,(H2,37,38,41)/t23-,25-,32+,33+/m0/s1. The predicted octanol–water partition coefficient (Wildman–Crippen LogP) is 6.08. The van der Waals surface area contributed by atoms with E-state index < -0.39 is 28.1 Å². The van der Waals surface area contributed by atoms with Gasteiger partial charge in [-0.3, -0.25) is 9.88 Å². The highest BCUT2D eigenvalue weighted by Crippen LogP contribution is 2.44. The Bertz CT molecular complexity index is 1850. The van der Waals surface area contributed by atoms with Gasteiger partial charge in [-0.1, -0.05) is 31.0 Å². The number of amides is 2. The number of carbonyl (C=O) groups is 2. The van der Waals surface area contributed by atoms with Crippen LogP contribution in [-0.2, 0) is 14.8 Å². The first-order valence-electron chi connectivity index (χ1n) is 15.5. The average Bonchev–Trinajstić information content (AvgIpc) is 3.07. The van der Waals surface area contributed by atoms with Gasteiger partial charge in [-0.2, -0.15) is 0 Å². The van der Waals surface area contributed by atoms with Crippen molar-refractivity contribution >= 4 is 38.6 Å². The number of benzene rings is 3. The van der Waals surface area contributed by atoms with E-state index in [-0.39, 0.29) is 10.9 Å². The number of aryl methyl sites for hydroxylation is 1. The molecule has 3 saturated heterocycles. The highest BCUT2D eigenvalue weighted by atomic mass is 32.2. The Morgan fingerprint density at radius 3 is 2.48 bits per heavy atom. The molecule has 2 bridgehead atoms. The van der Waals surface area contributed by atoms with E-state index in [2.05, 4.69) is 22.1 Å². The number of sulfonamides is 1. The Balaban J connectivity index is 1.21. The van der Waals surface area contributed by atoms with Crippen molar-refractivity contribution in [1.29, 1.82) is 0 Å². The molecule has 46 heavy (non-hydrogen) atoms. The molecule has 3 fully saturated rings. The number of ether oxygens (including phenoxy) is 2. The number of aromatic nitrogens is 1. The summed E-state index contributed by atoms with van der Waals surface area (Å²) < 4.78 is 39.1. The minimum absolute atomic E-state index is 0.0161. The summed E-state index contributed by atoms with van der Waals surface area (Å²) in [5, 5.41) is 3.39. The second-order valence-electron chi connectivity index (χ2n) is 12.1. The van der Waals surface area contributed by atoms with Gasteiger partial charge in [-0.25, -0.2) is 22.7 Å². The number of anilines is 1. The number of nitrogens with one attached hydrogen (secondary N) is 2. The van der Waals surface area contributed by atoms with Crippen LogP contribution in [0.2, 0.25) is 0 Å². The maximum absolute atomic E-state index is 13.7. The summed E-state index contributed by atoms with van der Waals surface area (Å²) in [5.74, 6) is 1.42. The molecule has 0 radical (unpaired) electrons. The average molecular weight is 643 g/mol. The molecule has 7 rings (SSSR count). The zero-order chi connectivity index (χ0) is 32.4. The lowest BCUT2D eigenvalue weighted by Crippen LogP contribution is -2.55. The molecular formula is C35H38N4O6S. The highest BCUT2D eigenvalue weighted by Gasteiger charge is 2.44. The van der Waals surface area contributed by atoms with Gasteiger partial charge in [0.1, 0.15) is 11.9 Å². The Morgan fingerprint density at radius 1 is 1.04 bits per heavy atom. The van der Waals surface area contributed by atoms with Crippen LogP contribution in [0.15, 0.2) is 83.9 Å². The molecule has 3 aliphatic heterocycles. The zero-order valence-electron chi connectivity index (χ0n) is 26.1. The SMILES string of the molecule is CC[C@H]1CN2CC[C@H]1C[C@@H]2[C@H](OC(=O)c1ccc(NC(=O)NS(=O)(=O)c2ccc(C)cc2)cc1)c1ccnc2ccc(OC)cc12. The lowest BCUT2D eigenvalue weighted by Gasteiger charge is -2.51. The van der Waals surface area contributed by atoms with E-state index in [0.29, 0.717) is 28.8 Å². The normalized spacial score (nSPS) is 21.4. The number of piperidine rings is 3. The fourth-order valence-electron chi connectivity index (χ4n) is 6.76. The Morgan fingerprint density at radius 2 is 1.80 bits per heavy atom. The summed E-state index contributed by atoms with van der Waals surface area (Å²) in [4.78, 5) is 33.2. The fraction of sp³-hybridized carbons (Fsp3) is 0.343. The smallest absolute Gasteiger partial charge is 0.338 e. The second kappa shape index (κ2) is 13.1. The number of hydrogen-bond donors (Lipinski definition) is 2. The van der Waals surface area contributed by atoms with Crippen LogP contribution in [0.3, 0.4) is 0 Å². The minimum atomic E-state index is -4.05. The van der Waals surface area contributed by atoms with Gasteiger partial charge < -0.3 is 14.8 Å². The molecule has 4 heterocycles. The Labute approximate surface area is 269 Å². The maximum atomic E-state index is 13.7. The van der Waals surface area contributed by atoms with E-state index in [1.54, 1.807) is 37.6 Å². The molecule has 3 aromatic carbocycles. The van der Waals surface area contributed by atoms with E-state index in [4.69, 9.17) is 9.47 Å². The Kier molecular flexibility index (Phi) is 8.97. The largest absolute Gasteiger partial charge is 0.497 e. The highest BCUT2D eigenvalue weighted by molar-refractivity contribution is 7.90. The quantitative estimate of drug-likeness (QED) is 0.210. The van der Waals surface area contributed by atoms with E-state index in [9.17, 15) is 18.0 Å². The van der Waals surface area contributed by atoms with Crippen molar-refractivity contribution in [3.63, 3.8) is 0 Å². The van der Waals surface area contributed by atoms with Gasteiger partial charge in [0.25, 0.3) is 10.0 Å². The first-order valence-corrected chi connectivity index (χ1v) is 17.0. The van der Waals surface area contributed by atoms with Crippen molar-refractivity contribution in [2.24, 2.45) is 11.8 Å². The van der Waals surface area contributed by atoms with Crippen molar-refractivity contribution < 1.29 is 27.5 Å². The van der Waals surface area contributed by atoms with Crippen LogP contribution in [0.5, 0.6) is 5.75 Å². The molecule has 10 nitrogen and oxygen atoms in total. The number of esters is 1. The molecule has 0 aliphatic carbocycles. The zero-order valence-corrected chi connectivity index (χ0v) is 26.9. The van der Waals surface area contributed by atoms with E-state index in [1.807, 2.05) is 35.9 Å². The Hall–Kier alpha value is -4.48. The number of fused-ring (bicyclic) bond motifs is 4. The van der Waals surface area contributed by atoms with Crippen molar-refractivity contribution in [3.8, 4) is 5.75 Å². The number of methoxy groups -OCH3 is 1. The van der Waals surface area contributed by atoms with Gasteiger partial charge in [-0.05, 0) is 98.8 Å². The number of hydrogen-bond acceptors (Lipinski definition) is 8. The van der Waals surface area contributed by atoms with Crippen LogP contribution >= 0.6 is 0 Å². The summed E-state index contributed by atoms with van der Waals surface area (Å²) in [6.07, 6.45) is 4.43. The second-order valence-corrected chi connectivity index (χ2v) is 13.8. The first kappa shape index (κ1) is 31.5. The lowest BCUT2D eigenvalue weighted by atomic mass is 9.72. The summed E-state index contributed by atoms with van der Waals surface area (Å²) in [5.41, 5.74) is 3.20. The molecule has 0 saturated carbocycles. The van der Waals surface area contributed by atoms with Crippen LogP contribution in [0.25, 0.3) is 10.9 Å². The van der Waals surface area contributed by atoms with Crippen LogP contribution in [0, 0.1) is 18.8 Å². The van der Waals surface area contributed by atoms with Gasteiger partial charge in [0, 0.05) is 29.4 Å². The topological polar surface area (TPSA) is 127 Å². The third-order valence-electron chi connectivity index (χ3n) is 9.27. The fourth-order valence-corrected chi connectivity index (χ4v) is 7.66. The molecule has 1 unspecified atom stereocenters. The van der Waals surface area contributed by atoms with Crippen LogP contribution in [0.4, 0.5) is 10.5 Å². The summed E-state index contributed by atoms with van der Waals surface area (Å²) >= 11 is 0. The number of carbonyl (C=O) groups excluding carboxylic acids is 2. The van der Waals surface area contributed by atoms with E-state index >= 15 is 0 Å². The van der Waals surface area contributed by atoms with Gasteiger partial charge >= 0.3 is 12.0 Å². The molecule has 1 aromatic heterocycles. The van der Waals surface area contributed by atoms with Crippen molar-refractivity contribution in [2.75, 3.05) is 25.5 Å². The number of pyridine rings is 1. The van der Waals surface area contributed by atoms with Crippen molar-refractivity contribution in [1.82, 2.24) is 14.6 Å². The lowest BCUT2D eigenvalue weighted by molar-refractivity contribution is -0.0659. The summed E-state index contributed by atoms with van der Waals surface area (Å²) in [6.45, 7) is 6.03. The molecule has 4 aromatic rings. The van der Waals surface area contributed by atoms with Crippen LogP contribution in [0.1, 0.15) is 53.8 Å². The van der Waals surface area contributed by atoms with Crippen molar-refractivity contribution in [3.05, 3.63) is 95.7 Å². The maximum Gasteiger partial charge on any atom is 0.338 e. The molecular weight excluding hydrogens is 604 g/mol. The van der Waals surface area contributed by atoms with E-state index in [1.165, 1.54) is 24.3 Å². The third-order valence-corrected chi connectivity index (χ3v) is 10.6. The monoisotopic (exact) mass is 642 g/mol. The van der Waals surface area contributed by atoms with Gasteiger partial charge in [0.15, 0.2) is 0 Å². The predicted molar refractivity (Wildman–Crippen MR) is 175 cm³/mol. The first-order chi connectivity index (χ1) is 22.1. The summed E-state index contributed by atoms with van der Waals surface area (Å²) in [7, 11) is -2.43. The summed E-state index contributed by atoms with van der Waals surface area (Å²) in [6, 6.07) is 19.1. The molecule has 11 heteroatoms. The van der Waals surface area contributed by atoms with Crippen molar-refractivity contribution in [2.45, 2.75) is 50.2 Å². The molecule has 0 spiro atoms.